The Labute approximate surface area is 201 Å². The van der Waals surface area contributed by atoms with Gasteiger partial charge in [-0.15, -0.1) is 0 Å². The van der Waals surface area contributed by atoms with Crippen molar-refractivity contribution in [1.82, 2.24) is 14.9 Å². The number of ether oxygens (including phenoxy) is 4. The molecule has 1 aromatic carbocycles. The number of carbonyl (C=O) groups is 1. The monoisotopic (exact) mass is 498 g/mol. The Morgan fingerprint density at radius 1 is 1.21 bits per heavy atom. The van der Waals surface area contributed by atoms with E-state index in [1.807, 2.05) is 0 Å². The number of alkyl halides is 1. The summed E-state index contributed by atoms with van der Waals surface area (Å²) in [7, 11) is 4.63. The quantitative estimate of drug-likeness (QED) is 0.481. The number of hydrogen-bond acceptors (Lipinski definition) is 8. The van der Waals surface area contributed by atoms with E-state index in [0.717, 1.165) is 0 Å². The van der Waals surface area contributed by atoms with Crippen LogP contribution in [0.3, 0.4) is 0 Å². The molecular formula is C22H28ClFN4O6. The molecule has 2 aromatic rings. The highest BCUT2D eigenvalue weighted by molar-refractivity contribution is 6.33. The minimum Gasteiger partial charge on any atom is -0.497 e. The molecule has 0 unspecified atom stereocenters. The Morgan fingerprint density at radius 3 is 2.56 bits per heavy atom. The molecular weight excluding hydrogens is 471 g/mol. The van der Waals surface area contributed by atoms with Crippen LogP contribution >= 0.6 is 11.6 Å². The average molecular weight is 499 g/mol. The number of hydrogen-bond donors (Lipinski definition) is 2. The van der Waals surface area contributed by atoms with Gasteiger partial charge in [-0.1, -0.05) is 11.6 Å². The lowest BCUT2D eigenvalue weighted by Gasteiger charge is -2.22. The van der Waals surface area contributed by atoms with Crippen LogP contribution in [0.1, 0.15) is 11.4 Å². The molecule has 12 heteroatoms. The smallest absolute Gasteiger partial charge is 0.407 e. The molecule has 1 aliphatic rings. The fourth-order valence-electron chi connectivity index (χ4n) is 3.73. The molecule has 0 radical (unpaired) electrons. The first-order valence-electron chi connectivity index (χ1n) is 10.5. The molecule has 10 nitrogen and oxygen atoms in total. The van der Waals surface area contributed by atoms with Gasteiger partial charge in [0, 0.05) is 26.3 Å². The number of nitrogens with zero attached hydrogens (tertiary/aromatic N) is 3. The molecule has 0 aliphatic carbocycles. The highest BCUT2D eigenvalue weighted by Crippen LogP contribution is 2.33. The Hall–Kier alpha value is -2.73. The van der Waals surface area contributed by atoms with Crippen LogP contribution in [-0.2, 0) is 27.4 Å². The van der Waals surface area contributed by atoms with Gasteiger partial charge in [-0.05, 0) is 18.2 Å². The molecule has 186 valence electrons. The normalized spacial score (nSPS) is 17.7. The van der Waals surface area contributed by atoms with Gasteiger partial charge in [0.15, 0.2) is 5.82 Å². The summed E-state index contributed by atoms with van der Waals surface area (Å²) < 4.78 is 34.1. The lowest BCUT2D eigenvalue weighted by molar-refractivity contribution is 0.0452. The van der Waals surface area contributed by atoms with E-state index in [9.17, 15) is 14.3 Å². The Bertz CT molecular complexity index is 998. The van der Waals surface area contributed by atoms with E-state index in [2.05, 4.69) is 5.32 Å². The lowest BCUT2D eigenvalue weighted by Crippen LogP contribution is -2.36. The summed E-state index contributed by atoms with van der Waals surface area (Å²) in [6.45, 7) is -0.247. The Balaban J connectivity index is 2.00. The van der Waals surface area contributed by atoms with Crippen LogP contribution in [0, 0.1) is 0 Å². The molecule has 1 fully saturated rings. The zero-order valence-electron chi connectivity index (χ0n) is 19.2. The van der Waals surface area contributed by atoms with Crippen molar-refractivity contribution in [3.63, 3.8) is 0 Å². The molecule has 2 heterocycles. The number of nitrogens with one attached hydrogen (secondary N) is 1. The van der Waals surface area contributed by atoms with Crippen molar-refractivity contribution < 1.29 is 33.2 Å². The maximum atomic E-state index is 12.7. The van der Waals surface area contributed by atoms with E-state index in [1.165, 1.54) is 12.0 Å². The maximum Gasteiger partial charge on any atom is 0.407 e. The van der Waals surface area contributed by atoms with Crippen molar-refractivity contribution in [2.75, 3.05) is 53.0 Å². The Kier molecular flexibility index (Phi) is 9.22. The van der Waals surface area contributed by atoms with E-state index < -0.39 is 24.9 Å². The summed E-state index contributed by atoms with van der Waals surface area (Å²) >= 11 is 6.49. The average Bonchev–Trinajstić information content (AvgIpc) is 3.22. The van der Waals surface area contributed by atoms with Gasteiger partial charge in [-0.3, -0.25) is 0 Å². The molecule has 0 saturated carbocycles. The van der Waals surface area contributed by atoms with Crippen molar-refractivity contribution in [2.24, 2.45) is 0 Å². The molecule has 2 atom stereocenters. The standard InChI is InChI=1S/C22H28ClFN4O6/c1-31-11-17-20(14-5-4-13(33-3)8-15(14)23)25-18(12-32-2)21(27-17)26-16-9-28(22(29)30)10-19(16)34-7-6-24/h4-5,8,16,19H,6-7,9-12H2,1-3H3,(H,26,27)(H,29,30)/t16-,19+/m1/s1. The van der Waals surface area contributed by atoms with Crippen LogP contribution in [0.5, 0.6) is 5.75 Å². The number of anilines is 1. The molecule has 1 amide bonds. The van der Waals surface area contributed by atoms with Gasteiger partial charge in [-0.2, -0.15) is 0 Å². The van der Waals surface area contributed by atoms with Crippen LogP contribution in [-0.4, -0.2) is 85.9 Å². The molecule has 1 saturated heterocycles. The number of methoxy groups -OCH3 is 3. The van der Waals surface area contributed by atoms with Crippen LogP contribution in [0.2, 0.25) is 5.02 Å². The highest BCUT2D eigenvalue weighted by atomic mass is 35.5. The van der Waals surface area contributed by atoms with Crippen LogP contribution < -0.4 is 10.1 Å². The minimum absolute atomic E-state index is 0.116. The van der Waals surface area contributed by atoms with E-state index in [-0.39, 0.29) is 32.9 Å². The molecule has 0 spiro atoms. The highest BCUT2D eigenvalue weighted by Gasteiger charge is 2.37. The third-order valence-corrected chi connectivity index (χ3v) is 5.61. The van der Waals surface area contributed by atoms with Crippen LogP contribution in [0.25, 0.3) is 11.3 Å². The second kappa shape index (κ2) is 12.1. The SMILES string of the molecule is COCc1nc(-c2ccc(OC)cc2Cl)c(COC)nc1N[C@@H]1CN(C(=O)O)C[C@@H]1OCCF. The zero-order valence-corrected chi connectivity index (χ0v) is 20.0. The van der Waals surface area contributed by atoms with Gasteiger partial charge in [0.25, 0.3) is 0 Å². The van der Waals surface area contributed by atoms with Crippen molar-refractivity contribution in [3.05, 3.63) is 34.6 Å². The second-order valence-corrected chi connectivity index (χ2v) is 7.97. The molecule has 0 bridgehead atoms. The first kappa shape index (κ1) is 25.9. The number of carboxylic acid groups (broad SMARTS) is 1. The van der Waals surface area contributed by atoms with E-state index in [4.69, 9.17) is 40.5 Å². The van der Waals surface area contributed by atoms with E-state index in [0.29, 0.717) is 39.2 Å². The van der Waals surface area contributed by atoms with E-state index >= 15 is 0 Å². The Morgan fingerprint density at radius 2 is 1.94 bits per heavy atom. The first-order valence-corrected chi connectivity index (χ1v) is 10.9. The number of benzene rings is 1. The van der Waals surface area contributed by atoms with Gasteiger partial charge in [0.2, 0.25) is 0 Å². The molecule has 1 aliphatic heterocycles. The third-order valence-electron chi connectivity index (χ3n) is 5.30. The molecule has 34 heavy (non-hydrogen) atoms. The zero-order chi connectivity index (χ0) is 24.7. The fraction of sp³-hybridized carbons (Fsp3) is 0.500. The van der Waals surface area contributed by atoms with Crippen molar-refractivity contribution >= 4 is 23.5 Å². The number of rotatable bonds is 11. The van der Waals surface area contributed by atoms with Gasteiger partial charge < -0.3 is 34.3 Å². The molecule has 1 aromatic heterocycles. The first-order chi connectivity index (χ1) is 16.4. The van der Waals surface area contributed by atoms with Crippen molar-refractivity contribution in [1.29, 1.82) is 0 Å². The summed E-state index contributed by atoms with van der Waals surface area (Å²) in [5, 5.41) is 13.1. The van der Waals surface area contributed by atoms with Crippen LogP contribution in [0.4, 0.5) is 15.0 Å². The minimum atomic E-state index is -1.08. The summed E-state index contributed by atoms with van der Waals surface area (Å²) in [5.74, 6) is 1.00. The predicted molar refractivity (Wildman–Crippen MR) is 123 cm³/mol. The lowest BCUT2D eigenvalue weighted by atomic mass is 10.1. The van der Waals surface area contributed by atoms with Gasteiger partial charge >= 0.3 is 6.09 Å². The number of likely N-dealkylation sites (tertiary alicyclic amines) is 1. The van der Waals surface area contributed by atoms with Gasteiger partial charge in [-0.25, -0.2) is 19.2 Å². The molecule has 2 N–H and O–H groups in total. The fourth-order valence-corrected chi connectivity index (χ4v) is 3.99. The number of aromatic nitrogens is 2. The topological polar surface area (TPSA) is 115 Å². The van der Waals surface area contributed by atoms with Crippen LogP contribution in [0.15, 0.2) is 18.2 Å². The number of halogens is 2. The molecule has 3 rings (SSSR count). The summed E-state index contributed by atoms with van der Waals surface area (Å²) in [4.78, 5) is 22.2. The van der Waals surface area contributed by atoms with Gasteiger partial charge in [0.1, 0.15) is 18.1 Å². The summed E-state index contributed by atoms with van der Waals surface area (Å²) in [6, 6.07) is 4.78. The van der Waals surface area contributed by atoms with Crippen molar-refractivity contribution in [3.8, 4) is 17.0 Å². The van der Waals surface area contributed by atoms with Gasteiger partial charge in [0.05, 0.1) is 62.0 Å². The third kappa shape index (κ3) is 6.03. The summed E-state index contributed by atoms with van der Waals surface area (Å²) in [6.07, 6.45) is -1.63. The second-order valence-electron chi connectivity index (χ2n) is 7.56. The van der Waals surface area contributed by atoms with Crippen molar-refractivity contribution in [2.45, 2.75) is 25.4 Å². The predicted octanol–water partition coefficient (Wildman–Crippen LogP) is 3.23. The van der Waals surface area contributed by atoms with E-state index in [1.54, 1.807) is 32.4 Å². The largest absolute Gasteiger partial charge is 0.497 e. The summed E-state index contributed by atoms with van der Waals surface area (Å²) in [5.41, 5.74) is 2.18. The number of amides is 1. The maximum absolute atomic E-state index is 12.7.